The fraction of sp³-hybridized carbons (Fsp3) is 1.00. The van der Waals surface area contributed by atoms with Crippen molar-refractivity contribution in [3.63, 3.8) is 0 Å². The first kappa shape index (κ1) is 12.9. The molecule has 3 fully saturated rings. The van der Waals surface area contributed by atoms with Crippen LogP contribution < -0.4 is 5.32 Å². The second kappa shape index (κ2) is 5.10. The number of hydrogen-bond acceptors (Lipinski definition) is 3. The zero-order valence-electron chi connectivity index (χ0n) is 11.8. The van der Waals surface area contributed by atoms with E-state index in [0.29, 0.717) is 23.7 Å². The van der Waals surface area contributed by atoms with Crippen LogP contribution in [0.5, 0.6) is 0 Å². The van der Waals surface area contributed by atoms with Crippen molar-refractivity contribution >= 4 is 0 Å². The monoisotopic (exact) mass is 253 g/mol. The summed E-state index contributed by atoms with van der Waals surface area (Å²) in [6, 6.07) is 0.643. The van der Waals surface area contributed by atoms with Crippen LogP contribution in [0.4, 0.5) is 0 Å². The zero-order valence-corrected chi connectivity index (χ0v) is 11.8. The predicted octanol–water partition coefficient (Wildman–Crippen LogP) is 2.35. The van der Waals surface area contributed by atoms with Crippen molar-refractivity contribution in [1.82, 2.24) is 5.32 Å². The lowest BCUT2D eigenvalue weighted by molar-refractivity contribution is -0.192. The van der Waals surface area contributed by atoms with Gasteiger partial charge in [-0.1, -0.05) is 13.8 Å². The van der Waals surface area contributed by atoms with E-state index in [9.17, 15) is 0 Å². The SMILES string of the molecule is CC1(C)C(NCCC2CCCO2)C2CCCOC21. The van der Waals surface area contributed by atoms with Crippen LogP contribution in [0.3, 0.4) is 0 Å². The summed E-state index contributed by atoms with van der Waals surface area (Å²) < 4.78 is 11.6. The summed E-state index contributed by atoms with van der Waals surface area (Å²) in [6.07, 6.45) is 7.26. The maximum Gasteiger partial charge on any atom is 0.0684 e. The Balaban J connectivity index is 1.46. The third kappa shape index (κ3) is 2.21. The molecule has 0 aromatic carbocycles. The molecule has 0 aromatic heterocycles. The van der Waals surface area contributed by atoms with Crippen molar-refractivity contribution in [3.05, 3.63) is 0 Å². The zero-order chi connectivity index (χ0) is 12.6. The van der Waals surface area contributed by atoms with E-state index in [4.69, 9.17) is 9.47 Å². The highest BCUT2D eigenvalue weighted by molar-refractivity contribution is 5.10. The Hall–Kier alpha value is -0.120. The molecule has 3 heteroatoms. The molecule has 0 spiro atoms. The van der Waals surface area contributed by atoms with Gasteiger partial charge in [0.15, 0.2) is 0 Å². The van der Waals surface area contributed by atoms with Gasteiger partial charge in [-0.15, -0.1) is 0 Å². The molecule has 4 atom stereocenters. The maximum atomic E-state index is 5.94. The molecule has 3 rings (SSSR count). The van der Waals surface area contributed by atoms with Gasteiger partial charge in [0, 0.05) is 30.6 Å². The number of nitrogens with one attached hydrogen (secondary N) is 1. The first-order valence-corrected chi connectivity index (χ1v) is 7.66. The standard InChI is InChI=1S/C15H27NO2/c1-15(2)13(12-6-4-10-18-14(12)15)16-8-7-11-5-3-9-17-11/h11-14,16H,3-10H2,1-2H3. The van der Waals surface area contributed by atoms with Crippen LogP contribution in [0.2, 0.25) is 0 Å². The maximum absolute atomic E-state index is 5.94. The van der Waals surface area contributed by atoms with Gasteiger partial charge in [0.1, 0.15) is 0 Å². The number of rotatable bonds is 4. The highest BCUT2D eigenvalue weighted by atomic mass is 16.5. The summed E-state index contributed by atoms with van der Waals surface area (Å²) in [5, 5.41) is 3.78. The lowest BCUT2D eigenvalue weighted by atomic mass is 9.55. The molecule has 1 saturated carbocycles. The van der Waals surface area contributed by atoms with E-state index < -0.39 is 0 Å². The van der Waals surface area contributed by atoms with Gasteiger partial charge in [-0.25, -0.2) is 0 Å². The van der Waals surface area contributed by atoms with E-state index >= 15 is 0 Å². The molecule has 1 N–H and O–H groups in total. The molecule has 1 aliphatic carbocycles. The van der Waals surface area contributed by atoms with Crippen molar-refractivity contribution < 1.29 is 9.47 Å². The van der Waals surface area contributed by atoms with Crippen LogP contribution in [0.25, 0.3) is 0 Å². The summed E-state index contributed by atoms with van der Waals surface area (Å²) in [4.78, 5) is 0. The highest BCUT2D eigenvalue weighted by Crippen LogP contribution is 2.51. The largest absolute Gasteiger partial charge is 0.378 e. The van der Waals surface area contributed by atoms with E-state index in [1.54, 1.807) is 0 Å². The quantitative estimate of drug-likeness (QED) is 0.834. The Morgan fingerprint density at radius 1 is 1.11 bits per heavy atom. The first-order chi connectivity index (χ1) is 8.69. The molecule has 2 saturated heterocycles. The molecular weight excluding hydrogens is 226 g/mol. The first-order valence-electron chi connectivity index (χ1n) is 7.66. The second-order valence-corrected chi connectivity index (χ2v) is 6.77. The summed E-state index contributed by atoms with van der Waals surface area (Å²) in [7, 11) is 0. The molecule has 0 aromatic rings. The van der Waals surface area contributed by atoms with E-state index in [1.807, 2.05) is 0 Å². The molecule has 0 amide bonds. The molecule has 2 aliphatic heterocycles. The Kier molecular flexibility index (Phi) is 3.65. The summed E-state index contributed by atoms with van der Waals surface area (Å²) >= 11 is 0. The predicted molar refractivity (Wildman–Crippen MR) is 71.6 cm³/mol. The van der Waals surface area contributed by atoms with Gasteiger partial charge < -0.3 is 14.8 Å². The van der Waals surface area contributed by atoms with Crippen LogP contribution in [-0.4, -0.2) is 38.0 Å². The van der Waals surface area contributed by atoms with Crippen molar-refractivity contribution in [1.29, 1.82) is 0 Å². The molecular formula is C15H27NO2. The van der Waals surface area contributed by atoms with Crippen molar-refractivity contribution in [2.24, 2.45) is 11.3 Å². The number of ether oxygens (including phenoxy) is 2. The van der Waals surface area contributed by atoms with E-state index in [0.717, 1.165) is 25.7 Å². The molecule has 0 bridgehead atoms. The van der Waals surface area contributed by atoms with Crippen molar-refractivity contribution in [2.45, 2.75) is 64.2 Å². The van der Waals surface area contributed by atoms with Gasteiger partial charge in [-0.3, -0.25) is 0 Å². The van der Waals surface area contributed by atoms with Gasteiger partial charge in [0.25, 0.3) is 0 Å². The van der Waals surface area contributed by atoms with Gasteiger partial charge in [0.05, 0.1) is 12.2 Å². The van der Waals surface area contributed by atoms with E-state index in [1.165, 1.54) is 32.1 Å². The molecule has 3 aliphatic rings. The Morgan fingerprint density at radius 2 is 1.89 bits per heavy atom. The average molecular weight is 253 g/mol. The lowest BCUT2D eigenvalue weighted by Crippen LogP contribution is -2.69. The van der Waals surface area contributed by atoms with Crippen LogP contribution in [0.15, 0.2) is 0 Å². The average Bonchev–Trinajstić information content (AvgIpc) is 2.87. The minimum absolute atomic E-state index is 0.307. The molecule has 3 nitrogen and oxygen atoms in total. The van der Waals surface area contributed by atoms with E-state index in [-0.39, 0.29) is 0 Å². The Morgan fingerprint density at radius 3 is 2.67 bits per heavy atom. The number of fused-ring (bicyclic) bond motifs is 1. The van der Waals surface area contributed by atoms with Crippen LogP contribution >= 0.6 is 0 Å². The van der Waals surface area contributed by atoms with Crippen molar-refractivity contribution in [3.8, 4) is 0 Å². The summed E-state index contributed by atoms with van der Waals surface area (Å²) in [5.74, 6) is 0.748. The normalized spacial score (nSPS) is 42.3. The summed E-state index contributed by atoms with van der Waals surface area (Å²) in [6.45, 7) is 7.74. The minimum Gasteiger partial charge on any atom is -0.378 e. The Labute approximate surface area is 111 Å². The topological polar surface area (TPSA) is 30.5 Å². The second-order valence-electron chi connectivity index (χ2n) is 6.77. The summed E-state index contributed by atoms with van der Waals surface area (Å²) in [5.41, 5.74) is 0.307. The number of hydrogen-bond donors (Lipinski definition) is 1. The van der Waals surface area contributed by atoms with E-state index in [2.05, 4.69) is 19.2 Å². The third-order valence-corrected chi connectivity index (χ3v) is 5.19. The van der Waals surface area contributed by atoms with Gasteiger partial charge >= 0.3 is 0 Å². The molecule has 4 unspecified atom stereocenters. The molecule has 18 heavy (non-hydrogen) atoms. The Bertz CT molecular complexity index is 286. The van der Waals surface area contributed by atoms with Crippen LogP contribution in [0.1, 0.15) is 46.0 Å². The van der Waals surface area contributed by atoms with Crippen molar-refractivity contribution in [2.75, 3.05) is 19.8 Å². The lowest BCUT2D eigenvalue weighted by Gasteiger charge is -2.60. The fourth-order valence-electron chi connectivity index (χ4n) is 4.21. The van der Waals surface area contributed by atoms with Gasteiger partial charge in [-0.2, -0.15) is 0 Å². The van der Waals surface area contributed by atoms with Gasteiger partial charge in [0.2, 0.25) is 0 Å². The van der Waals surface area contributed by atoms with Crippen LogP contribution in [-0.2, 0) is 9.47 Å². The third-order valence-electron chi connectivity index (χ3n) is 5.19. The smallest absolute Gasteiger partial charge is 0.0684 e. The van der Waals surface area contributed by atoms with Gasteiger partial charge in [-0.05, 0) is 38.6 Å². The fourth-order valence-corrected chi connectivity index (χ4v) is 4.21. The highest BCUT2D eigenvalue weighted by Gasteiger charge is 2.57. The molecule has 2 heterocycles. The molecule has 104 valence electrons. The van der Waals surface area contributed by atoms with Crippen LogP contribution in [0, 0.1) is 11.3 Å². The molecule has 0 radical (unpaired) electrons. The minimum atomic E-state index is 0.307.